The molecule has 0 heterocycles. The molecule has 0 radical (unpaired) electrons. The van der Waals surface area contributed by atoms with Crippen molar-refractivity contribution in [3.05, 3.63) is 29.8 Å². The Morgan fingerprint density at radius 1 is 1.38 bits per heavy atom. The minimum Gasteiger partial charge on any atom is -0.491 e. The lowest BCUT2D eigenvalue weighted by Crippen LogP contribution is -2.34. The normalized spacial score (nSPS) is 11.2. The van der Waals surface area contributed by atoms with Gasteiger partial charge in [0.25, 0.3) is 0 Å². The number of hydrogen-bond donors (Lipinski definition) is 1. The molecule has 1 N–H and O–H groups in total. The minimum absolute atomic E-state index is 0.252. The maximum atomic E-state index is 10.6. The van der Waals surface area contributed by atoms with Crippen LogP contribution in [0.25, 0.3) is 0 Å². The highest BCUT2D eigenvalue weighted by Gasteiger charge is 2.22. The van der Waals surface area contributed by atoms with Crippen LogP contribution in [0.3, 0.4) is 0 Å². The summed E-state index contributed by atoms with van der Waals surface area (Å²) in [6.07, 6.45) is 2.08. The first kappa shape index (κ1) is 12.7. The molecule has 88 valence electrons. The molecule has 0 fully saturated rings. The molecule has 1 rings (SSSR count). The van der Waals surface area contributed by atoms with Gasteiger partial charge in [-0.2, -0.15) is 0 Å². The first-order valence-corrected chi connectivity index (χ1v) is 5.54. The van der Waals surface area contributed by atoms with Crippen LogP contribution in [0.5, 0.6) is 5.75 Å². The van der Waals surface area contributed by atoms with E-state index >= 15 is 0 Å². The summed E-state index contributed by atoms with van der Waals surface area (Å²) in [5, 5.41) is 10.0. The van der Waals surface area contributed by atoms with Crippen molar-refractivity contribution in [3.63, 3.8) is 0 Å². The number of aliphatic hydroxyl groups is 1. The summed E-state index contributed by atoms with van der Waals surface area (Å²) in [5.74, 6) is 0.616. The van der Waals surface area contributed by atoms with Crippen LogP contribution in [0.15, 0.2) is 24.3 Å². The summed E-state index contributed by atoms with van der Waals surface area (Å²) in [5.41, 5.74) is -0.203. The molecule has 0 saturated carbocycles. The van der Waals surface area contributed by atoms with Gasteiger partial charge in [-0.3, -0.25) is 4.79 Å². The molecule has 0 aromatic heterocycles. The van der Waals surface area contributed by atoms with Crippen LogP contribution >= 0.6 is 0 Å². The van der Waals surface area contributed by atoms with Crippen LogP contribution in [0.4, 0.5) is 0 Å². The monoisotopic (exact) mass is 222 g/mol. The number of benzene rings is 1. The van der Waals surface area contributed by atoms with Crippen LogP contribution in [0.2, 0.25) is 0 Å². The van der Waals surface area contributed by atoms with Crippen LogP contribution in [0.1, 0.15) is 37.0 Å². The second kappa shape index (κ2) is 5.66. The number of rotatable bonds is 6. The third-order valence-electron chi connectivity index (χ3n) is 2.82. The van der Waals surface area contributed by atoms with Gasteiger partial charge in [-0.25, -0.2) is 0 Å². The van der Waals surface area contributed by atoms with E-state index in [9.17, 15) is 9.90 Å². The highest BCUT2D eigenvalue weighted by molar-refractivity contribution is 5.75. The Bertz CT molecular complexity index is 343. The van der Waals surface area contributed by atoms with Crippen LogP contribution in [0, 0.1) is 0 Å². The van der Waals surface area contributed by atoms with E-state index in [1.54, 1.807) is 24.3 Å². The third kappa shape index (κ3) is 3.35. The molecule has 16 heavy (non-hydrogen) atoms. The van der Waals surface area contributed by atoms with Gasteiger partial charge in [0.15, 0.2) is 0 Å². The highest BCUT2D eigenvalue weighted by Crippen LogP contribution is 2.18. The smallest absolute Gasteiger partial charge is 0.150 e. The average Bonchev–Trinajstić information content (AvgIpc) is 2.36. The maximum Gasteiger partial charge on any atom is 0.150 e. The zero-order valence-corrected chi connectivity index (χ0v) is 9.77. The molecule has 0 aliphatic carbocycles. The van der Waals surface area contributed by atoms with E-state index in [0.29, 0.717) is 24.2 Å². The van der Waals surface area contributed by atoms with E-state index < -0.39 is 5.60 Å². The van der Waals surface area contributed by atoms with E-state index in [0.717, 1.165) is 6.29 Å². The Labute approximate surface area is 96.1 Å². The zero-order valence-electron chi connectivity index (χ0n) is 9.77. The van der Waals surface area contributed by atoms with Gasteiger partial charge in [0.1, 0.15) is 18.6 Å². The molecule has 0 atom stereocenters. The standard InChI is InChI=1S/C13H18O3/c1-3-13(15,4-2)10-16-12-7-5-6-11(8-12)9-14/h5-9,15H,3-4,10H2,1-2H3. The molecule has 0 bridgehead atoms. The number of carbonyl (C=O) groups excluding carboxylic acids is 1. The highest BCUT2D eigenvalue weighted by atomic mass is 16.5. The van der Waals surface area contributed by atoms with Crippen LogP contribution in [-0.4, -0.2) is 23.6 Å². The second-order valence-electron chi connectivity index (χ2n) is 3.91. The first-order valence-electron chi connectivity index (χ1n) is 5.54. The predicted molar refractivity (Wildman–Crippen MR) is 62.9 cm³/mol. The Morgan fingerprint density at radius 3 is 2.62 bits per heavy atom. The van der Waals surface area contributed by atoms with E-state index in [1.165, 1.54) is 0 Å². The molecule has 3 nitrogen and oxygen atoms in total. The SMILES string of the molecule is CCC(O)(CC)COc1cccc(C=O)c1. The van der Waals surface area contributed by atoms with E-state index in [-0.39, 0.29) is 6.61 Å². The topological polar surface area (TPSA) is 46.5 Å². The molecule has 1 aromatic rings. The molecular weight excluding hydrogens is 204 g/mol. The molecule has 0 saturated heterocycles. The Balaban J connectivity index is 2.63. The van der Waals surface area contributed by atoms with E-state index in [4.69, 9.17) is 4.74 Å². The molecule has 0 aliphatic rings. The summed E-state index contributed by atoms with van der Waals surface area (Å²) in [6, 6.07) is 6.92. The molecule has 0 unspecified atom stereocenters. The fraction of sp³-hybridized carbons (Fsp3) is 0.462. The Kier molecular flexibility index (Phi) is 4.50. The zero-order chi connectivity index (χ0) is 12.0. The van der Waals surface area contributed by atoms with E-state index in [1.807, 2.05) is 13.8 Å². The lowest BCUT2D eigenvalue weighted by Gasteiger charge is -2.25. The summed E-state index contributed by atoms with van der Waals surface area (Å²) in [4.78, 5) is 10.6. The van der Waals surface area contributed by atoms with Crippen molar-refractivity contribution < 1.29 is 14.6 Å². The quantitative estimate of drug-likeness (QED) is 0.752. The van der Waals surface area contributed by atoms with Crippen molar-refractivity contribution >= 4 is 6.29 Å². The van der Waals surface area contributed by atoms with Gasteiger partial charge in [-0.05, 0) is 25.0 Å². The molecule has 0 amide bonds. The molecule has 3 heteroatoms. The molecule has 0 aliphatic heterocycles. The minimum atomic E-state index is -0.781. The van der Waals surface area contributed by atoms with Crippen LogP contribution in [-0.2, 0) is 0 Å². The van der Waals surface area contributed by atoms with E-state index in [2.05, 4.69) is 0 Å². The number of ether oxygens (including phenoxy) is 1. The fourth-order valence-corrected chi connectivity index (χ4v) is 1.35. The maximum absolute atomic E-state index is 10.6. The molecular formula is C13H18O3. The van der Waals surface area contributed by atoms with Gasteiger partial charge >= 0.3 is 0 Å². The van der Waals surface area contributed by atoms with Crippen molar-refractivity contribution in [2.24, 2.45) is 0 Å². The van der Waals surface area contributed by atoms with Crippen LogP contribution < -0.4 is 4.74 Å². The summed E-state index contributed by atoms with van der Waals surface area (Å²) >= 11 is 0. The van der Waals surface area contributed by atoms with Crippen molar-refractivity contribution in [3.8, 4) is 5.75 Å². The predicted octanol–water partition coefficient (Wildman–Crippen LogP) is 2.43. The number of aldehydes is 1. The Morgan fingerprint density at radius 2 is 2.06 bits per heavy atom. The van der Waals surface area contributed by atoms with Gasteiger partial charge in [0, 0.05) is 5.56 Å². The summed E-state index contributed by atoms with van der Waals surface area (Å²) in [6.45, 7) is 4.10. The number of hydrogen-bond acceptors (Lipinski definition) is 3. The van der Waals surface area contributed by atoms with Crippen molar-refractivity contribution in [2.75, 3.05) is 6.61 Å². The molecule has 0 spiro atoms. The largest absolute Gasteiger partial charge is 0.491 e. The summed E-state index contributed by atoms with van der Waals surface area (Å²) in [7, 11) is 0. The lowest BCUT2D eigenvalue weighted by molar-refractivity contribution is -0.0113. The van der Waals surface area contributed by atoms with Crippen molar-refractivity contribution in [2.45, 2.75) is 32.3 Å². The van der Waals surface area contributed by atoms with Gasteiger partial charge in [-0.15, -0.1) is 0 Å². The first-order chi connectivity index (χ1) is 7.63. The second-order valence-corrected chi connectivity index (χ2v) is 3.91. The van der Waals surface area contributed by atoms with Gasteiger partial charge < -0.3 is 9.84 Å². The van der Waals surface area contributed by atoms with Crippen molar-refractivity contribution in [1.29, 1.82) is 0 Å². The Hall–Kier alpha value is -1.35. The van der Waals surface area contributed by atoms with Gasteiger partial charge in [-0.1, -0.05) is 26.0 Å². The van der Waals surface area contributed by atoms with Gasteiger partial charge in [0.2, 0.25) is 0 Å². The fourth-order valence-electron chi connectivity index (χ4n) is 1.35. The number of carbonyl (C=O) groups is 1. The average molecular weight is 222 g/mol. The molecule has 1 aromatic carbocycles. The van der Waals surface area contributed by atoms with Crippen molar-refractivity contribution in [1.82, 2.24) is 0 Å². The lowest BCUT2D eigenvalue weighted by atomic mass is 9.99. The summed E-state index contributed by atoms with van der Waals surface area (Å²) < 4.78 is 5.49. The third-order valence-corrected chi connectivity index (χ3v) is 2.82. The van der Waals surface area contributed by atoms with Gasteiger partial charge in [0.05, 0.1) is 5.60 Å².